The Bertz CT molecular complexity index is 422. The molecule has 0 fully saturated rings. The van der Waals surface area contributed by atoms with Crippen molar-refractivity contribution in [1.29, 1.82) is 0 Å². The molecule has 1 aromatic rings. The van der Waals surface area contributed by atoms with Crippen molar-refractivity contribution in [3.05, 3.63) is 24.0 Å². The summed E-state index contributed by atoms with van der Waals surface area (Å²) in [6.45, 7) is 2.20. The average Bonchev–Trinajstić information content (AvgIpc) is 2.26. The monoisotopic (exact) mass is 224 g/mol. The standard InChI is InChI=1S/C11H13FN2O2/c1-7-6-14(11(15)5-13)9-3-2-8(12)4-10(9)16-7/h2-4,7H,5-6,13H2,1H3. The van der Waals surface area contributed by atoms with Gasteiger partial charge in [-0.1, -0.05) is 0 Å². The summed E-state index contributed by atoms with van der Waals surface area (Å²) in [6.07, 6.45) is -0.162. The van der Waals surface area contributed by atoms with Gasteiger partial charge in [-0.25, -0.2) is 4.39 Å². The lowest BCUT2D eigenvalue weighted by Crippen LogP contribution is -2.44. The molecule has 2 N–H and O–H groups in total. The summed E-state index contributed by atoms with van der Waals surface area (Å²) < 4.78 is 18.5. The van der Waals surface area contributed by atoms with Gasteiger partial charge in [0.05, 0.1) is 18.8 Å². The summed E-state index contributed by atoms with van der Waals surface area (Å²) in [5, 5.41) is 0. The highest BCUT2D eigenvalue weighted by Crippen LogP contribution is 2.33. The van der Waals surface area contributed by atoms with Crippen LogP contribution in [-0.4, -0.2) is 25.1 Å². The van der Waals surface area contributed by atoms with Gasteiger partial charge in [-0.3, -0.25) is 4.79 Å². The second kappa shape index (κ2) is 4.09. The molecule has 16 heavy (non-hydrogen) atoms. The number of ether oxygens (including phenoxy) is 1. The van der Waals surface area contributed by atoms with Gasteiger partial charge in [0.2, 0.25) is 5.91 Å². The fraction of sp³-hybridized carbons (Fsp3) is 0.364. The molecule has 4 nitrogen and oxygen atoms in total. The number of halogens is 1. The maximum absolute atomic E-state index is 13.0. The molecule has 1 amide bonds. The van der Waals surface area contributed by atoms with Crippen molar-refractivity contribution in [2.24, 2.45) is 5.73 Å². The second-order valence-electron chi connectivity index (χ2n) is 3.75. The molecule has 0 saturated heterocycles. The summed E-state index contributed by atoms with van der Waals surface area (Å²) in [6, 6.07) is 4.11. The normalized spacial score (nSPS) is 18.9. The molecule has 1 aromatic carbocycles. The number of hydrogen-bond donors (Lipinski definition) is 1. The minimum atomic E-state index is -0.381. The number of carbonyl (C=O) groups is 1. The maximum atomic E-state index is 13.0. The van der Waals surface area contributed by atoms with Gasteiger partial charge in [0.25, 0.3) is 0 Å². The zero-order chi connectivity index (χ0) is 11.7. The van der Waals surface area contributed by atoms with Gasteiger partial charge >= 0.3 is 0 Å². The molecule has 0 aromatic heterocycles. The van der Waals surface area contributed by atoms with E-state index in [-0.39, 0.29) is 24.4 Å². The van der Waals surface area contributed by atoms with Crippen LogP contribution in [0.1, 0.15) is 6.92 Å². The molecule has 86 valence electrons. The van der Waals surface area contributed by atoms with Crippen molar-refractivity contribution in [2.45, 2.75) is 13.0 Å². The molecule has 0 radical (unpaired) electrons. The molecule has 0 bridgehead atoms. The number of anilines is 1. The maximum Gasteiger partial charge on any atom is 0.240 e. The van der Waals surface area contributed by atoms with Crippen LogP contribution in [0.25, 0.3) is 0 Å². The fourth-order valence-corrected chi connectivity index (χ4v) is 1.76. The predicted molar refractivity (Wildman–Crippen MR) is 57.9 cm³/mol. The molecule has 2 rings (SSSR count). The molecule has 5 heteroatoms. The van der Waals surface area contributed by atoms with E-state index in [1.54, 1.807) is 0 Å². The molecule has 0 spiro atoms. The molecular weight excluding hydrogens is 211 g/mol. The highest BCUT2D eigenvalue weighted by Gasteiger charge is 2.26. The Morgan fingerprint density at radius 1 is 1.69 bits per heavy atom. The van der Waals surface area contributed by atoms with E-state index in [2.05, 4.69) is 0 Å². The Labute approximate surface area is 92.8 Å². The lowest BCUT2D eigenvalue weighted by molar-refractivity contribution is -0.117. The van der Waals surface area contributed by atoms with Crippen molar-refractivity contribution in [3.63, 3.8) is 0 Å². The van der Waals surface area contributed by atoms with Crippen molar-refractivity contribution in [1.82, 2.24) is 0 Å². The highest BCUT2D eigenvalue weighted by atomic mass is 19.1. The van der Waals surface area contributed by atoms with Crippen LogP contribution in [0, 0.1) is 5.82 Å². The highest BCUT2D eigenvalue weighted by molar-refractivity contribution is 5.96. The van der Waals surface area contributed by atoms with Crippen molar-refractivity contribution in [2.75, 3.05) is 18.0 Å². The van der Waals surface area contributed by atoms with Crippen LogP contribution in [0.15, 0.2) is 18.2 Å². The van der Waals surface area contributed by atoms with E-state index >= 15 is 0 Å². The molecule has 1 aliphatic heterocycles. The molecule has 1 unspecified atom stereocenters. The quantitative estimate of drug-likeness (QED) is 0.771. The van der Waals surface area contributed by atoms with Crippen LogP contribution < -0.4 is 15.4 Å². The topological polar surface area (TPSA) is 55.6 Å². The number of carbonyl (C=O) groups excluding carboxylic acids is 1. The largest absolute Gasteiger partial charge is 0.487 e. The van der Waals surface area contributed by atoms with Crippen molar-refractivity contribution in [3.8, 4) is 5.75 Å². The predicted octanol–water partition coefficient (Wildman–Crippen LogP) is 0.898. The van der Waals surface area contributed by atoms with E-state index in [0.717, 1.165) is 0 Å². The van der Waals surface area contributed by atoms with Crippen LogP contribution >= 0.6 is 0 Å². The Morgan fingerprint density at radius 3 is 3.12 bits per heavy atom. The minimum absolute atomic E-state index is 0.0659. The smallest absolute Gasteiger partial charge is 0.240 e. The van der Waals surface area contributed by atoms with Crippen molar-refractivity contribution >= 4 is 11.6 Å². The van der Waals surface area contributed by atoms with Crippen LogP contribution in [0.5, 0.6) is 5.75 Å². The van der Waals surface area contributed by atoms with Gasteiger partial charge in [0, 0.05) is 6.07 Å². The fourth-order valence-electron chi connectivity index (χ4n) is 1.76. The Kier molecular flexibility index (Phi) is 2.78. The second-order valence-corrected chi connectivity index (χ2v) is 3.75. The summed E-state index contributed by atoms with van der Waals surface area (Å²) in [5.74, 6) is -0.184. The van der Waals surface area contributed by atoms with Gasteiger partial charge in [0.1, 0.15) is 17.7 Å². The van der Waals surface area contributed by atoms with E-state index in [4.69, 9.17) is 10.5 Å². The van der Waals surface area contributed by atoms with E-state index in [1.807, 2.05) is 6.92 Å². The molecule has 0 saturated carbocycles. The van der Waals surface area contributed by atoms with Crippen LogP contribution in [0.2, 0.25) is 0 Å². The van der Waals surface area contributed by atoms with E-state index in [0.29, 0.717) is 18.0 Å². The lowest BCUT2D eigenvalue weighted by atomic mass is 10.2. The lowest BCUT2D eigenvalue weighted by Gasteiger charge is -2.33. The Morgan fingerprint density at radius 2 is 2.44 bits per heavy atom. The molecule has 1 aliphatic rings. The van der Waals surface area contributed by atoms with Crippen LogP contribution in [0.4, 0.5) is 10.1 Å². The van der Waals surface area contributed by atoms with Gasteiger partial charge in [-0.15, -0.1) is 0 Å². The Balaban J connectivity index is 2.41. The summed E-state index contributed by atoms with van der Waals surface area (Å²) in [7, 11) is 0. The minimum Gasteiger partial charge on any atom is -0.487 e. The first-order chi connectivity index (χ1) is 7.61. The molecule has 0 aliphatic carbocycles. The number of benzene rings is 1. The zero-order valence-corrected chi connectivity index (χ0v) is 8.94. The van der Waals surface area contributed by atoms with Crippen LogP contribution in [0.3, 0.4) is 0 Å². The van der Waals surface area contributed by atoms with Gasteiger partial charge in [-0.05, 0) is 19.1 Å². The number of amides is 1. The van der Waals surface area contributed by atoms with Gasteiger partial charge < -0.3 is 15.4 Å². The summed E-state index contributed by atoms with van der Waals surface area (Å²) in [4.78, 5) is 13.1. The molecule has 1 heterocycles. The van der Waals surface area contributed by atoms with Crippen molar-refractivity contribution < 1.29 is 13.9 Å². The zero-order valence-electron chi connectivity index (χ0n) is 8.94. The summed E-state index contributed by atoms with van der Waals surface area (Å²) in [5.41, 5.74) is 5.91. The number of hydrogen-bond acceptors (Lipinski definition) is 3. The first-order valence-corrected chi connectivity index (χ1v) is 5.08. The number of fused-ring (bicyclic) bond motifs is 1. The third-order valence-electron chi connectivity index (χ3n) is 2.46. The third kappa shape index (κ3) is 1.86. The molecular formula is C11H13FN2O2. The average molecular weight is 224 g/mol. The third-order valence-corrected chi connectivity index (χ3v) is 2.46. The van der Waals surface area contributed by atoms with E-state index in [9.17, 15) is 9.18 Å². The van der Waals surface area contributed by atoms with Gasteiger partial charge in [0.15, 0.2) is 0 Å². The summed E-state index contributed by atoms with van der Waals surface area (Å²) >= 11 is 0. The van der Waals surface area contributed by atoms with E-state index < -0.39 is 0 Å². The Hall–Kier alpha value is -1.62. The van der Waals surface area contributed by atoms with Gasteiger partial charge in [-0.2, -0.15) is 0 Å². The number of rotatable bonds is 1. The molecule has 1 atom stereocenters. The van der Waals surface area contributed by atoms with E-state index in [1.165, 1.54) is 23.1 Å². The number of nitrogens with two attached hydrogens (primary N) is 1. The first kappa shape index (κ1) is 10.9. The first-order valence-electron chi connectivity index (χ1n) is 5.08. The van der Waals surface area contributed by atoms with Crippen LogP contribution in [-0.2, 0) is 4.79 Å². The number of nitrogens with zero attached hydrogens (tertiary/aromatic N) is 1. The SMILES string of the molecule is CC1CN(C(=O)CN)c2ccc(F)cc2O1.